The van der Waals surface area contributed by atoms with Crippen LogP contribution in [0.3, 0.4) is 0 Å². The number of nitrogens with one attached hydrogen (secondary N) is 1. The van der Waals surface area contributed by atoms with Gasteiger partial charge in [-0.05, 0) is 47.0 Å². The lowest BCUT2D eigenvalue weighted by Crippen LogP contribution is -2.29. The van der Waals surface area contributed by atoms with Crippen molar-refractivity contribution in [3.05, 3.63) is 52.2 Å². The van der Waals surface area contributed by atoms with Crippen LogP contribution in [0.25, 0.3) is 0 Å². The first kappa shape index (κ1) is 15.5. The lowest BCUT2D eigenvalue weighted by molar-refractivity contribution is -0.120. The molecule has 0 aliphatic heterocycles. The van der Waals surface area contributed by atoms with Crippen molar-refractivity contribution in [2.45, 2.75) is 19.4 Å². The molecule has 1 heterocycles. The Kier molecular flexibility index (Phi) is 5.78. The maximum Gasteiger partial charge on any atom is 0.224 e. The van der Waals surface area contributed by atoms with E-state index in [9.17, 15) is 9.90 Å². The van der Waals surface area contributed by atoms with E-state index >= 15 is 0 Å². The molecule has 0 fully saturated rings. The standard InChI is InChI=1S/C16H19NO3S/c1-2-20-14-5-3-12(4-6-14)9-16(19)17-10-15(18)13-7-8-21-11-13/h3-8,11,15,18H,2,9-10H2,1H3,(H,17,19). The third-order valence-electron chi connectivity index (χ3n) is 3.02. The molecule has 2 N–H and O–H groups in total. The van der Waals surface area contributed by atoms with Gasteiger partial charge in [-0.1, -0.05) is 12.1 Å². The molecular formula is C16H19NO3S. The molecule has 21 heavy (non-hydrogen) atoms. The number of carbonyl (C=O) groups is 1. The highest BCUT2D eigenvalue weighted by molar-refractivity contribution is 7.07. The van der Waals surface area contributed by atoms with Gasteiger partial charge in [0.25, 0.3) is 0 Å². The van der Waals surface area contributed by atoms with Crippen LogP contribution in [-0.4, -0.2) is 24.2 Å². The van der Waals surface area contributed by atoms with Crippen LogP contribution < -0.4 is 10.1 Å². The minimum Gasteiger partial charge on any atom is -0.494 e. The number of ether oxygens (including phenoxy) is 1. The number of hydrogen-bond donors (Lipinski definition) is 2. The molecule has 0 radical (unpaired) electrons. The number of benzene rings is 1. The first-order chi connectivity index (χ1) is 10.2. The Balaban J connectivity index is 1.78. The van der Waals surface area contributed by atoms with Crippen molar-refractivity contribution in [1.82, 2.24) is 5.32 Å². The summed E-state index contributed by atoms with van der Waals surface area (Å²) in [6, 6.07) is 9.31. The smallest absolute Gasteiger partial charge is 0.224 e. The third-order valence-corrected chi connectivity index (χ3v) is 3.72. The molecule has 1 aromatic carbocycles. The average molecular weight is 305 g/mol. The van der Waals surface area contributed by atoms with Crippen LogP contribution in [0.2, 0.25) is 0 Å². The van der Waals surface area contributed by atoms with Crippen molar-refractivity contribution >= 4 is 17.2 Å². The van der Waals surface area contributed by atoms with Gasteiger partial charge < -0.3 is 15.2 Å². The van der Waals surface area contributed by atoms with E-state index < -0.39 is 6.10 Å². The van der Waals surface area contributed by atoms with Gasteiger partial charge in [-0.3, -0.25) is 4.79 Å². The van der Waals surface area contributed by atoms with Gasteiger partial charge in [0, 0.05) is 6.54 Å². The van der Waals surface area contributed by atoms with Crippen molar-refractivity contribution in [3.63, 3.8) is 0 Å². The van der Waals surface area contributed by atoms with Crippen LogP contribution in [0.4, 0.5) is 0 Å². The van der Waals surface area contributed by atoms with Crippen molar-refractivity contribution in [2.24, 2.45) is 0 Å². The van der Waals surface area contributed by atoms with Gasteiger partial charge >= 0.3 is 0 Å². The first-order valence-electron chi connectivity index (χ1n) is 6.87. The van der Waals surface area contributed by atoms with E-state index in [1.165, 1.54) is 11.3 Å². The van der Waals surface area contributed by atoms with Gasteiger partial charge in [-0.15, -0.1) is 0 Å². The third kappa shape index (κ3) is 4.88. The lowest BCUT2D eigenvalue weighted by atomic mass is 10.1. The number of aliphatic hydroxyl groups excluding tert-OH is 1. The van der Waals surface area contributed by atoms with E-state index in [-0.39, 0.29) is 12.5 Å². The number of amides is 1. The Bertz CT molecular complexity index is 551. The first-order valence-corrected chi connectivity index (χ1v) is 7.82. The Morgan fingerprint density at radius 3 is 2.71 bits per heavy atom. The van der Waals surface area contributed by atoms with Crippen molar-refractivity contribution in [3.8, 4) is 5.75 Å². The Morgan fingerprint density at radius 2 is 2.10 bits per heavy atom. The Morgan fingerprint density at radius 1 is 1.33 bits per heavy atom. The van der Waals surface area contributed by atoms with Crippen LogP contribution in [0.1, 0.15) is 24.2 Å². The molecule has 2 rings (SSSR count). The van der Waals surface area contributed by atoms with Gasteiger partial charge in [0.05, 0.1) is 19.1 Å². The molecule has 0 aliphatic carbocycles. The van der Waals surface area contributed by atoms with Gasteiger partial charge in [0.15, 0.2) is 0 Å². The summed E-state index contributed by atoms with van der Waals surface area (Å²) in [5.41, 5.74) is 1.75. The fraction of sp³-hybridized carbons (Fsp3) is 0.312. The second kappa shape index (κ2) is 7.81. The fourth-order valence-electron chi connectivity index (χ4n) is 1.91. The molecule has 1 atom stereocenters. The van der Waals surface area contributed by atoms with Crippen LogP contribution in [-0.2, 0) is 11.2 Å². The summed E-state index contributed by atoms with van der Waals surface area (Å²) in [6.45, 7) is 2.78. The summed E-state index contributed by atoms with van der Waals surface area (Å²) in [5.74, 6) is 0.697. The molecule has 0 spiro atoms. The SMILES string of the molecule is CCOc1ccc(CC(=O)NCC(O)c2ccsc2)cc1. The topological polar surface area (TPSA) is 58.6 Å². The fourth-order valence-corrected chi connectivity index (χ4v) is 2.62. The molecule has 0 bridgehead atoms. The molecule has 2 aromatic rings. The highest BCUT2D eigenvalue weighted by Crippen LogP contribution is 2.15. The number of hydrogen-bond acceptors (Lipinski definition) is 4. The summed E-state index contributed by atoms with van der Waals surface area (Å²) in [4.78, 5) is 11.8. The van der Waals surface area contributed by atoms with Gasteiger partial charge in [-0.25, -0.2) is 0 Å². The molecule has 1 aromatic heterocycles. The highest BCUT2D eigenvalue weighted by Gasteiger charge is 2.10. The molecule has 112 valence electrons. The number of rotatable bonds is 7. The monoisotopic (exact) mass is 305 g/mol. The summed E-state index contributed by atoms with van der Waals surface area (Å²) < 4.78 is 5.35. The predicted molar refractivity (Wildman–Crippen MR) is 83.6 cm³/mol. The van der Waals surface area contributed by atoms with Crippen LogP contribution in [0.5, 0.6) is 5.75 Å². The number of thiophene rings is 1. The molecule has 1 amide bonds. The normalized spacial score (nSPS) is 11.9. The number of carbonyl (C=O) groups excluding carboxylic acids is 1. The van der Waals surface area contributed by atoms with Gasteiger partial charge in [0.2, 0.25) is 5.91 Å². The van der Waals surface area contributed by atoms with Crippen molar-refractivity contribution < 1.29 is 14.6 Å². The van der Waals surface area contributed by atoms with Crippen molar-refractivity contribution in [2.75, 3.05) is 13.2 Å². The molecular weight excluding hydrogens is 286 g/mol. The molecule has 1 unspecified atom stereocenters. The molecule has 0 saturated heterocycles. The van der Waals surface area contributed by atoms with Crippen LogP contribution in [0, 0.1) is 0 Å². The Labute approximate surface area is 128 Å². The van der Waals surface area contributed by atoms with Gasteiger partial charge in [0.1, 0.15) is 5.75 Å². The zero-order valence-corrected chi connectivity index (χ0v) is 12.7. The van der Waals surface area contributed by atoms with E-state index in [0.29, 0.717) is 13.0 Å². The summed E-state index contributed by atoms with van der Waals surface area (Å²) in [7, 11) is 0. The second-order valence-corrected chi connectivity index (χ2v) is 5.41. The molecule has 0 saturated carbocycles. The van der Waals surface area contributed by atoms with Crippen molar-refractivity contribution in [1.29, 1.82) is 0 Å². The lowest BCUT2D eigenvalue weighted by Gasteiger charge is -2.11. The van der Waals surface area contributed by atoms with E-state index in [0.717, 1.165) is 16.9 Å². The molecule has 5 heteroatoms. The van der Waals surface area contributed by atoms with Gasteiger partial charge in [-0.2, -0.15) is 11.3 Å². The predicted octanol–water partition coefficient (Wildman–Crippen LogP) is 2.54. The quantitative estimate of drug-likeness (QED) is 0.826. The summed E-state index contributed by atoms with van der Waals surface area (Å²) in [5, 5.41) is 16.4. The highest BCUT2D eigenvalue weighted by atomic mass is 32.1. The minimum atomic E-state index is -0.652. The van der Waals surface area contributed by atoms with E-state index in [2.05, 4.69) is 5.32 Å². The zero-order valence-electron chi connectivity index (χ0n) is 11.9. The molecule has 0 aliphatic rings. The molecule has 4 nitrogen and oxygen atoms in total. The van der Waals surface area contributed by atoms with E-state index in [4.69, 9.17) is 4.74 Å². The number of aliphatic hydroxyl groups is 1. The largest absolute Gasteiger partial charge is 0.494 e. The minimum absolute atomic E-state index is 0.103. The maximum atomic E-state index is 11.8. The van der Waals surface area contributed by atoms with E-state index in [1.54, 1.807) is 0 Å². The maximum absolute atomic E-state index is 11.8. The zero-order chi connectivity index (χ0) is 15.1. The summed E-state index contributed by atoms with van der Waals surface area (Å²) >= 11 is 1.53. The Hall–Kier alpha value is -1.85. The van der Waals surface area contributed by atoms with Crippen LogP contribution in [0.15, 0.2) is 41.1 Å². The average Bonchev–Trinajstić information content (AvgIpc) is 3.01. The summed E-state index contributed by atoms with van der Waals surface area (Å²) in [6.07, 6.45) is -0.358. The second-order valence-electron chi connectivity index (χ2n) is 4.63. The van der Waals surface area contributed by atoms with Crippen LogP contribution >= 0.6 is 11.3 Å². The van der Waals surface area contributed by atoms with E-state index in [1.807, 2.05) is 48.0 Å².